The molecule has 15 heteroatoms. The quantitative estimate of drug-likeness (QED) is 0.110. The van der Waals surface area contributed by atoms with Crippen LogP contribution in [0.4, 0.5) is 0 Å². The van der Waals surface area contributed by atoms with Gasteiger partial charge in [-0.2, -0.15) is 0 Å². The van der Waals surface area contributed by atoms with Gasteiger partial charge in [0.1, 0.15) is 23.6 Å². The number of phenolic OH excluding ortho intramolecular Hbond substituents is 2. The Morgan fingerprint density at radius 3 is 2.06 bits per heavy atom. The second-order valence-corrected chi connectivity index (χ2v) is 11.7. The van der Waals surface area contributed by atoms with E-state index in [1.54, 1.807) is 24.3 Å². The minimum atomic E-state index is -1.29. The SMILES string of the molecule is NCCC[C@@H]1NC(=O)[C@@H](N)Cc2cc(ccc2O)-c2ccc(O)c(c2)C[C@@H](C(=O)N[C@@H](CCCN)[C@@H](CO)C(=O)NCCN)NC1=O. The lowest BCUT2D eigenvalue weighted by Gasteiger charge is -2.29. The van der Waals surface area contributed by atoms with E-state index in [0.29, 0.717) is 35.1 Å². The van der Waals surface area contributed by atoms with Crippen LogP contribution in [-0.4, -0.2) is 95.9 Å². The third-order valence-corrected chi connectivity index (χ3v) is 8.17. The van der Waals surface area contributed by atoms with Gasteiger partial charge in [-0.3, -0.25) is 19.2 Å². The summed E-state index contributed by atoms with van der Waals surface area (Å²) >= 11 is 0. The number of carbonyl (C=O) groups excluding carboxylic acids is 4. The number of benzene rings is 2. The van der Waals surface area contributed by atoms with E-state index in [4.69, 9.17) is 22.9 Å². The van der Waals surface area contributed by atoms with Gasteiger partial charge in [0.2, 0.25) is 23.6 Å². The molecule has 2 aromatic rings. The van der Waals surface area contributed by atoms with Gasteiger partial charge in [0, 0.05) is 32.0 Å². The molecule has 0 aromatic heterocycles. The third-order valence-electron chi connectivity index (χ3n) is 8.17. The maximum Gasteiger partial charge on any atom is 0.243 e. The van der Waals surface area contributed by atoms with Gasteiger partial charge in [-0.15, -0.1) is 0 Å². The summed E-state index contributed by atoms with van der Waals surface area (Å²) in [5.41, 5.74) is 25.2. The molecule has 0 saturated heterocycles. The Morgan fingerprint density at radius 2 is 1.49 bits per heavy atom. The normalized spacial score (nSPS) is 19.7. The molecule has 1 aliphatic rings. The van der Waals surface area contributed by atoms with Gasteiger partial charge in [0.25, 0.3) is 0 Å². The molecule has 3 rings (SSSR count). The molecule has 0 spiro atoms. The molecule has 5 atom stereocenters. The maximum atomic E-state index is 14.0. The van der Waals surface area contributed by atoms with Gasteiger partial charge in [0.15, 0.2) is 0 Å². The predicted octanol–water partition coefficient (Wildman–Crippen LogP) is -2.19. The van der Waals surface area contributed by atoms with E-state index in [-0.39, 0.29) is 63.4 Å². The lowest BCUT2D eigenvalue weighted by molar-refractivity contribution is -0.133. The molecule has 0 radical (unpaired) electrons. The summed E-state index contributed by atoms with van der Waals surface area (Å²) in [5.74, 6) is -3.75. The van der Waals surface area contributed by atoms with Gasteiger partial charge in [0.05, 0.1) is 18.6 Å². The smallest absolute Gasteiger partial charge is 0.243 e. The van der Waals surface area contributed by atoms with Crippen LogP contribution in [0, 0.1) is 5.92 Å². The molecule has 258 valence electrons. The van der Waals surface area contributed by atoms with Crippen molar-refractivity contribution in [3.63, 3.8) is 0 Å². The number of carbonyl (C=O) groups is 4. The van der Waals surface area contributed by atoms with Gasteiger partial charge in [-0.05, 0) is 85.3 Å². The Morgan fingerprint density at radius 1 is 0.872 bits per heavy atom. The van der Waals surface area contributed by atoms with Crippen molar-refractivity contribution in [2.24, 2.45) is 28.9 Å². The molecule has 4 amide bonds. The van der Waals surface area contributed by atoms with E-state index in [9.17, 15) is 34.5 Å². The number of hydrogen-bond acceptors (Lipinski definition) is 11. The molecular weight excluding hydrogens is 608 g/mol. The first kappa shape index (κ1) is 37.2. The van der Waals surface area contributed by atoms with E-state index in [0.717, 1.165) is 0 Å². The first-order valence-electron chi connectivity index (χ1n) is 15.8. The highest BCUT2D eigenvalue weighted by Crippen LogP contribution is 2.31. The summed E-state index contributed by atoms with van der Waals surface area (Å²) in [7, 11) is 0. The van der Waals surface area contributed by atoms with Crippen LogP contribution in [0.3, 0.4) is 0 Å². The van der Waals surface area contributed by atoms with Crippen LogP contribution in [0.5, 0.6) is 11.5 Å². The highest BCUT2D eigenvalue weighted by Gasteiger charge is 2.33. The fourth-order valence-electron chi connectivity index (χ4n) is 5.47. The van der Waals surface area contributed by atoms with Crippen molar-refractivity contribution in [1.29, 1.82) is 0 Å². The first-order valence-corrected chi connectivity index (χ1v) is 15.8. The molecule has 47 heavy (non-hydrogen) atoms. The molecule has 0 saturated carbocycles. The van der Waals surface area contributed by atoms with Crippen LogP contribution in [0.2, 0.25) is 0 Å². The summed E-state index contributed by atoms with van der Waals surface area (Å²) in [6.07, 6.45) is 0.986. The topological polar surface area (TPSA) is 281 Å². The number of aliphatic hydroxyl groups is 1. The second-order valence-electron chi connectivity index (χ2n) is 11.7. The third kappa shape index (κ3) is 10.4. The molecule has 4 bridgehead atoms. The van der Waals surface area contributed by atoms with E-state index in [1.807, 2.05) is 0 Å². The number of rotatable bonds is 13. The number of nitrogens with two attached hydrogens (primary N) is 4. The van der Waals surface area contributed by atoms with Crippen molar-refractivity contribution in [1.82, 2.24) is 21.3 Å². The number of aromatic hydroxyl groups is 2. The number of hydrogen-bond donors (Lipinski definition) is 11. The average molecular weight is 657 g/mol. The van der Waals surface area contributed by atoms with Crippen molar-refractivity contribution >= 4 is 23.6 Å². The summed E-state index contributed by atoms with van der Waals surface area (Å²) in [5, 5.41) is 42.3. The zero-order valence-corrected chi connectivity index (χ0v) is 26.4. The number of aliphatic hydroxyl groups excluding tert-OH is 1. The van der Waals surface area contributed by atoms with Gasteiger partial charge in [-0.25, -0.2) is 0 Å². The van der Waals surface area contributed by atoms with E-state index < -0.39 is 60.3 Å². The van der Waals surface area contributed by atoms with E-state index >= 15 is 0 Å². The minimum Gasteiger partial charge on any atom is -0.508 e. The first-order chi connectivity index (χ1) is 22.5. The molecule has 1 aliphatic heterocycles. The lowest BCUT2D eigenvalue weighted by atomic mass is 9.93. The van der Waals surface area contributed by atoms with Crippen molar-refractivity contribution in [3.8, 4) is 22.6 Å². The van der Waals surface area contributed by atoms with Crippen LogP contribution in [0.15, 0.2) is 36.4 Å². The standard InChI is InChI=1S/C32H48N8O7/c33-9-1-3-24(22(17-41)29(44)37-12-11-35)38-32(47)26-16-21-14-19(6-8-28(21)43)18-5-7-27(42)20(13-18)15-23(36)30(45)39-25(4-2-10-34)31(46)40-26/h5-8,13-14,22-26,41-43H,1-4,9-12,15-17,33-36H2,(H,37,44)(H,38,47)(H,39,45)(H,40,46)/t22-,23+,24+,25+,26+/m1/s1. The predicted molar refractivity (Wildman–Crippen MR) is 176 cm³/mol. The highest BCUT2D eigenvalue weighted by atomic mass is 16.3. The Hall–Kier alpha value is -4.28. The number of nitrogens with one attached hydrogen (secondary N) is 4. The van der Waals surface area contributed by atoms with Crippen molar-refractivity contribution in [2.45, 2.75) is 62.7 Å². The zero-order valence-electron chi connectivity index (χ0n) is 26.4. The Labute approximate surface area is 273 Å². The van der Waals surface area contributed by atoms with Crippen LogP contribution in [0.1, 0.15) is 36.8 Å². The number of phenols is 2. The number of fused-ring (bicyclic) bond motifs is 5. The van der Waals surface area contributed by atoms with Gasteiger partial charge >= 0.3 is 0 Å². The van der Waals surface area contributed by atoms with Crippen LogP contribution in [-0.2, 0) is 32.0 Å². The lowest BCUT2D eigenvalue weighted by Crippen LogP contribution is -2.58. The van der Waals surface area contributed by atoms with Crippen LogP contribution < -0.4 is 44.2 Å². The molecule has 0 unspecified atom stereocenters. The molecule has 2 aromatic carbocycles. The highest BCUT2D eigenvalue weighted by molar-refractivity contribution is 5.93. The molecule has 0 fully saturated rings. The van der Waals surface area contributed by atoms with Crippen molar-refractivity contribution in [3.05, 3.63) is 47.5 Å². The van der Waals surface area contributed by atoms with Gasteiger partial charge in [-0.1, -0.05) is 12.1 Å². The summed E-state index contributed by atoms with van der Waals surface area (Å²) < 4.78 is 0. The van der Waals surface area contributed by atoms with E-state index in [2.05, 4.69) is 21.3 Å². The van der Waals surface area contributed by atoms with Crippen LogP contribution in [0.25, 0.3) is 11.1 Å². The summed E-state index contributed by atoms with van der Waals surface area (Å²) in [4.78, 5) is 53.7. The fourth-order valence-corrected chi connectivity index (χ4v) is 5.47. The van der Waals surface area contributed by atoms with Crippen molar-refractivity contribution in [2.75, 3.05) is 32.8 Å². The van der Waals surface area contributed by atoms with Crippen molar-refractivity contribution < 1.29 is 34.5 Å². The molecule has 1 heterocycles. The van der Waals surface area contributed by atoms with Crippen LogP contribution >= 0.6 is 0 Å². The maximum absolute atomic E-state index is 14.0. The largest absolute Gasteiger partial charge is 0.508 e. The summed E-state index contributed by atoms with van der Waals surface area (Å²) in [6.45, 7) is 0.268. The number of amides is 4. The Balaban J connectivity index is 2.07. The molecule has 15 N–H and O–H groups in total. The minimum absolute atomic E-state index is 0.0260. The average Bonchev–Trinajstić information content (AvgIpc) is 3.05. The molecular formula is C32H48N8O7. The Bertz CT molecular complexity index is 1390. The molecule has 0 aliphatic carbocycles. The fraction of sp³-hybridized carbons (Fsp3) is 0.500. The second kappa shape index (κ2) is 18.2. The van der Waals surface area contributed by atoms with E-state index in [1.165, 1.54) is 12.1 Å². The zero-order chi connectivity index (χ0) is 34.5. The Kier molecular flexibility index (Phi) is 14.4. The van der Waals surface area contributed by atoms with Gasteiger partial charge < -0.3 is 59.5 Å². The monoisotopic (exact) mass is 656 g/mol. The summed E-state index contributed by atoms with van der Waals surface area (Å²) in [6, 6.07) is 5.23. The molecule has 15 nitrogen and oxygen atoms in total.